The molecule has 0 spiro atoms. The third kappa shape index (κ3) is 3.79. The fraction of sp³-hybridized carbons (Fsp3) is 0.722. The lowest BCUT2D eigenvalue weighted by atomic mass is 10.0. The van der Waals surface area contributed by atoms with Crippen molar-refractivity contribution in [3.8, 4) is 6.07 Å². The van der Waals surface area contributed by atoms with E-state index in [0.29, 0.717) is 18.8 Å². The molecule has 0 unspecified atom stereocenters. The van der Waals surface area contributed by atoms with Gasteiger partial charge in [0, 0.05) is 43.9 Å². The van der Waals surface area contributed by atoms with Crippen LogP contribution in [0.4, 0.5) is 4.79 Å². The van der Waals surface area contributed by atoms with Gasteiger partial charge in [-0.1, -0.05) is 0 Å². The number of amides is 1. The van der Waals surface area contributed by atoms with Crippen LogP contribution >= 0.6 is 0 Å². The molecule has 0 N–H and O–H groups in total. The molecule has 0 bridgehead atoms. The highest BCUT2D eigenvalue weighted by molar-refractivity contribution is 5.68. The first-order valence-electron chi connectivity index (χ1n) is 8.95. The van der Waals surface area contributed by atoms with Crippen LogP contribution in [0.3, 0.4) is 0 Å². The predicted octanol–water partition coefficient (Wildman–Crippen LogP) is 2.31. The summed E-state index contributed by atoms with van der Waals surface area (Å²) in [6.45, 7) is 8.75. The summed E-state index contributed by atoms with van der Waals surface area (Å²) in [4.78, 5) is 16.2. The Morgan fingerprint density at radius 2 is 1.96 bits per heavy atom. The highest BCUT2D eigenvalue weighted by atomic mass is 16.6. The van der Waals surface area contributed by atoms with Crippen LogP contribution in [0.15, 0.2) is 0 Å². The lowest BCUT2D eigenvalue weighted by Gasteiger charge is -2.34. The standard InChI is InChI=1S/C18H27N5O2/c1-18(2,3)25-17(24)22-9-5-13(6-10-22)23-16-7-8-21(4)12-14(16)15(11-19)20-23/h13H,5-10,12H2,1-4H3. The van der Waals surface area contributed by atoms with Crippen LogP contribution < -0.4 is 0 Å². The molecule has 1 aromatic rings. The van der Waals surface area contributed by atoms with Gasteiger partial charge in [-0.25, -0.2) is 4.79 Å². The Morgan fingerprint density at radius 1 is 1.28 bits per heavy atom. The first kappa shape index (κ1) is 17.7. The van der Waals surface area contributed by atoms with E-state index >= 15 is 0 Å². The molecule has 3 rings (SSSR count). The first-order valence-corrected chi connectivity index (χ1v) is 8.95. The van der Waals surface area contributed by atoms with Crippen LogP contribution in [0.25, 0.3) is 0 Å². The minimum atomic E-state index is -0.470. The summed E-state index contributed by atoms with van der Waals surface area (Å²) in [5.74, 6) is 0. The molecule has 1 fully saturated rings. The predicted molar refractivity (Wildman–Crippen MR) is 93.1 cm³/mol. The van der Waals surface area contributed by atoms with Gasteiger partial charge in [0.25, 0.3) is 0 Å². The fourth-order valence-electron chi connectivity index (χ4n) is 3.59. The number of carbonyl (C=O) groups is 1. The topological polar surface area (TPSA) is 74.4 Å². The minimum Gasteiger partial charge on any atom is -0.444 e. The molecule has 2 aliphatic rings. The molecule has 0 atom stereocenters. The summed E-state index contributed by atoms with van der Waals surface area (Å²) in [5.41, 5.74) is 2.36. The van der Waals surface area contributed by atoms with E-state index in [-0.39, 0.29) is 12.1 Å². The van der Waals surface area contributed by atoms with Crippen molar-refractivity contribution < 1.29 is 9.53 Å². The summed E-state index contributed by atoms with van der Waals surface area (Å²) >= 11 is 0. The smallest absolute Gasteiger partial charge is 0.410 e. The van der Waals surface area contributed by atoms with Crippen molar-refractivity contribution in [3.63, 3.8) is 0 Å². The van der Waals surface area contributed by atoms with E-state index in [1.807, 2.05) is 20.8 Å². The molecule has 0 aromatic carbocycles. The molecular weight excluding hydrogens is 318 g/mol. The quantitative estimate of drug-likeness (QED) is 0.781. The molecule has 7 nitrogen and oxygen atoms in total. The largest absolute Gasteiger partial charge is 0.444 e. The Hall–Kier alpha value is -2.07. The van der Waals surface area contributed by atoms with Gasteiger partial charge in [-0.2, -0.15) is 10.4 Å². The Kier molecular flexibility index (Phi) is 4.74. The molecule has 25 heavy (non-hydrogen) atoms. The number of nitrogens with zero attached hydrogens (tertiary/aromatic N) is 5. The van der Waals surface area contributed by atoms with Crippen LogP contribution in [0, 0.1) is 11.3 Å². The first-order chi connectivity index (χ1) is 11.8. The fourth-order valence-corrected chi connectivity index (χ4v) is 3.59. The maximum Gasteiger partial charge on any atom is 0.410 e. The monoisotopic (exact) mass is 345 g/mol. The Morgan fingerprint density at radius 3 is 2.56 bits per heavy atom. The zero-order valence-electron chi connectivity index (χ0n) is 15.6. The van der Waals surface area contributed by atoms with Gasteiger partial charge in [0.05, 0.1) is 6.04 Å². The van der Waals surface area contributed by atoms with Gasteiger partial charge in [-0.3, -0.25) is 4.68 Å². The number of nitriles is 1. The van der Waals surface area contributed by atoms with Crippen LogP contribution in [0.2, 0.25) is 0 Å². The van der Waals surface area contributed by atoms with Gasteiger partial charge < -0.3 is 14.5 Å². The zero-order chi connectivity index (χ0) is 18.2. The van der Waals surface area contributed by atoms with Gasteiger partial charge in [-0.05, 0) is 40.7 Å². The van der Waals surface area contributed by atoms with Crippen molar-refractivity contribution in [3.05, 3.63) is 17.0 Å². The van der Waals surface area contributed by atoms with Gasteiger partial charge >= 0.3 is 6.09 Å². The van der Waals surface area contributed by atoms with E-state index in [1.165, 1.54) is 5.69 Å². The lowest BCUT2D eigenvalue weighted by Crippen LogP contribution is -2.42. The van der Waals surface area contributed by atoms with Crippen molar-refractivity contribution >= 4 is 6.09 Å². The van der Waals surface area contributed by atoms with Crippen molar-refractivity contribution in [1.82, 2.24) is 19.6 Å². The van der Waals surface area contributed by atoms with Gasteiger partial charge in [0.2, 0.25) is 0 Å². The highest BCUT2D eigenvalue weighted by Gasteiger charge is 2.31. The summed E-state index contributed by atoms with van der Waals surface area (Å²) in [7, 11) is 2.07. The van der Waals surface area contributed by atoms with E-state index in [0.717, 1.165) is 37.9 Å². The van der Waals surface area contributed by atoms with Crippen molar-refractivity contribution in [2.45, 2.75) is 58.2 Å². The number of hydrogen-bond donors (Lipinski definition) is 0. The third-order valence-corrected chi connectivity index (χ3v) is 4.84. The average Bonchev–Trinajstić information content (AvgIpc) is 2.91. The third-order valence-electron chi connectivity index (χ3n) is 4.84. The molecular formula is C18H27N5O2. The van der Waals surface area contributed by atoms with Crippen molar-refractivity contribution in [1.29, 1.82) is 5.26 Å². The van der Waals surface area contributed by atoms with Crippen LogP contribution in [-0.4, -0.2) is 58.0 Å². The average molecular weight is 345 g/mol. The SMILES string of the molecule is CN1CCc2c(c(C#N)nn2C2CCN(C(=O)OC(C)(C)C)CC2)C1. The lowest BCUT2D eigenvalue weighted by molar-refractivity contribution is 0.0183. The molecule has 0 radical (unpaired) electrons. The summed E-state index contributed by atoms with van der Waals surface area (Å²) < 4.78 is 7.52. The normalized spacial score (nSPS) is 19.4. The van der Waals surface area contributed by atoms with E-state index in [9.17, 15) is 10.1 Å². The number of likely N-dealkylation sites (tertiary alicyclic amines) is 1. The van der Waals surface area contributed by atoms with Gasteiger partial charge in [0.15, 0.2) is 5.69 Å². The Bertz CT molecular complexity index is 690. The van der Waals surface area contributed by atoms with Crippen LogP contribution in [0.5, 0.6) is 0 Å². The number of likely N-dealkylation sites (N-methyl/N-ethyl adjacent to an activating group) is 1. The molecule has 1 aromatic heterocycles. The Labute approximate surface area is 149 Å². The number of carbonyl (C=O) groups excluding carboxylic acids is 1. The number of rotatable bonds is 1. The van der Waals surface area contributed by atoms with Crippen LogP contribution in [-0.2, 0) is 17.7 Å². The molecule has 0 saturated carbocycles. The number of ether oxygens (including phenoxy) is 1. The summed E-state index contributed by atoms with van der Waals surface area (Å²) in [5, 5.41) is 14.0. The molecule has 2 aliphatic heterocycles. The number of hydrogen-bond acceptors (Lipinski definition) is 5. The summed E-state index contributed by atoms with van der Waals surface area (Å²) in [6.07, 6.45) is 2.36. The van der Waals surface area contributed by atoms with Gasteiger partial charge in [0.1, 0.15) is 11.7 Å². The molecule has 0 aliphatic carbocycles. The number of fused-ring (bicyclic) bond motifs is 1. The molecule has 7 heteroatoms. The molecule has 136 valence electrons. The maximum atomic E-state index is 12.2. The number of piperidine rings is 1. The van der Waals surface area contributed by atoms with E-state index in [2.05, 4.69) is 27.8 Å². The minimum absolute atomic E-state index is 0.243. The Balaban J connectivity index is 1.70. The molecule has 3 heterocycles. The maximum absolute atomic E-state index is 12.2. The second kappa shape index (κ2) is 6.68. The highest BCUT2D eigenvalue weighted by Crippen LogP contribution is 2.29. The summed E-state index contributed by atoms with van der Waals surface area (Å²) in [6, 6.07) is 2.49. The van der Waals surface area contributed by atoms with Crippen LogP contribution in [0.1, 0.15) is 56.6 Å². The van der Waals surface area contributed by atoms with Crippen molar-refractivity contribution in [2.75, 3.05) is 26.7 Å². The number of aromatic nitrogens is 2. The van der Waals surface area contributed by atoms with E-state index in [4.69, 9.17) is 4.74 Å². The second-order valence-corrected chi connectivity index (χ2v) is 8.02. The molecule has 1 saturated heterocycles. The second-order valence-electron chi connectivity index (χ2n) is 8.02. The van der Waals surface area contributed by atoms with Gasteiger partial charge in [-0.15, -0.1) is 0 Å². The van der Waals surface area contributed by atoms with Crippen molar-refractivity contribution in [2.24, 2.45) is 0 Å². The van der Waals surface area contributed by atoms with E-state index < -0.39 is 5.60 Å². The zero-order valence-corrected chi connectivity index (χ0v) is 15.6. The van der Waals surface area contributed by atoms with E-state index in [1.54, 1.807) is 4.90 Å². The molecule has 1 amide bonds.